The van der Waals surface area contributed by atoms with E-state index in [-0.39, 0.29) is 11.7 Å². The second kappa shape index (κ2) is 10.3. The molecule has 8 nitrogen and oxygen atoms in total. The first-order chi connectivity index (χ1) is 16.0. The SMILES string of the molecule is CCOc1ccc(-n2c(SCC(=O)Nc3ccc(C(N)=O)cc3)nnc2-c2cccs2)cc1. The zero-order valence-corrected chi connectivity index (χ0v) is 19.4. The highest BCUT2D eigenvalue weighted by Crippen LogP contribution is 2.31. The number of anilines is 1. The summed E-state index contributed by atoms with van der Waals surface area (Å²) in [5.41, 5.74) is 7.08. The monoisotopic (exact) mass is 479 g/mol. The maximum absolute atomic E-state index is 12.5. The van der Waals surface area contributed by atoms with Crippen molar-refractivity contribution < 1.29 is 14.3 Å². The maximum Gasteiger partial charge on any atom is 0.248 e. The lowest BCUT2D eigenvalue weighted by Gasteiger charge is -2.11. The molecule has 0 aliphatic heterocycles. The van der Waals surface area contributed by atoms with E-state index >= 15 is 0 Å². The van der Waals surface area contributed by atoms with E-state index in [2.05, 4.69) is 15.5 Å². The van der Waals surface area contributed by atoms with Crippen molar-refractivity contribution in [3.63, 3.8) is 0 Å². The minimum atomic E-state index is -0.515. The van der Waals surface area contributed by atoms with Gasteiger partial charge in [0, 0.05) is 11.3 Å². The number of nitrogens with one attached hydrogen (secondary N) is 1. The summed E-state index contributed by atoms with van der Waals surface area (Å²) in [7, 11) is 0. The Morgan fingerprint density at radius 3 is 2.48 bits per heavy atom. The van der Waals surface area contributed by atoms with Crippen molar-refractivity contribution in [3.05, 3.63) is 71.6 Å². The number of carbonyl (C=O) groups is 2. The molecule has 2 aromatic carbocycles. The lowest BCUT2D eigenvalue weighted by Crippen LogP contribution is -2.15. The van der Waals surface area contributed by atoms with Gasteiger partial charge in [-0.3, -0.25) is 14.2 Å². The lowest BCUT2D eigenvalue weighted by molar-refractivity contribution is -0.113. The van der Waals surface area contributed by atoms with Gasteiger partial charge in [-0.05, 0) is 66.9 Å². The van der Waals surface area contributed by atoms with Gasteiger partial charge in [-0.15, -0.1) is 21.5 Å². The summed E-state index contributed by atoms with van der Waals surface area (Å²) < 4.78 is 7.48. The maximum atomic E-state index is 12.5. The molecule has 0 saturated heterocycles. The van der Waals surface area contributed by atoms with Crippen molar-refractivity contribution in [2.24, 2.45) is 5.73 Å². The Morgan fingerprint density at radius 1 is 1.09 bits per heavy atom. The number of benzene rings is 2. The summed E-state index contributed by atoms with van der Waals surface area (Å²) in [6.45, 7) is 2.53. The quantitative estimate of drug-likeness (QED) is 0.348. The van der Waals surface area contributed by atoms with Crippen LogP contribution in [0.3, 0.4) is 0 Å². The fourth-order valence-corrected chi connectivity index (χ4v) is 4.51. The normalized spacial score (nSPS) is 10.7. The average Bonchev–Trinajstić information content (AvgIpc) is 3.49. The van der Waals surface area contributed by atoms with E-state index in [0.29, 0.717) is 28.8 Å². The van der Waals surface area contributed by atoms with Crippen LogP contribution in [0, 0.1) is 0 Å². The first-order valence-electron chi connectivity index (χ1n) is 10.1. The lowest BCUT2D eigenvalue weighted by atomic mass is 10.2. The number of hydrogen-bond acceptors (Lipinski definition) is 7. The molecule has 4 aromatic rings. The van der Waals surface area contributed by atoms with Crippen LogP contribution in [0.1, 0.15) is 17.3 Å². The van der Waals surface area contributed by atoms with E-state index in [0.717, 1.165) is 16.3 Å². The van der Waals surface area contributed by atoms with Crippen LogP contribution in [0.15, 0.2) is 71.2 Å². The Bertz CT molecular complexity index is 1240. The summed E-state index contributed by atoms with van der Waals surface area (Å²) in [6, 6.07) is 18.0. The number of aromatic nitrogens is 3. The third kappa shape index (κ3) is 5.41. The number of ether oxygens (including phenoxy) is 1. The fraction of sp³-hybridized carbons (Fsp3) is 0.130. The van der Waals surface area contributed by atoms with Crippen molar-refractivity contribution in [2.45, 2.75) is 12.1 Å². The first-order valence-corrected chi connectivity index (χ1v) is 12.0. The van der Waals surface area contributed by atoms with Gasteiger partial charge in [0.05, 0.1) is 22.9 Å². The highest BCUT2D eigenvalue weighted by Gasteiger charge is 2.18. The molecule has 33 heavy (non-hydrogen) atoms. The molecule has 0 aliphatic rings. The largest absolute Gasteiger partial charge is 0.494 e. The summed E-state index contributed by atoms with van der Waals surface area (Å²) >= 11 is 2.86. The molecule has 2 amide bonds. The average molecular weight is 480 g/mol. The van der Waals surface area contributed by atoms with E-state index in [4.69, 9.17) is 10.5 Å². The van der Waals surface area contributed by atoms with Crippen LogP contribution in [0.4, 0.5) is 5.69 Å². The zero-order valence-electron chi connectivity index (χ0n) is 17.7. The van der Waals surface area contributed by atoms with Gasteiger partial charge in [-0.1, -0.05) is 17.8 Å². The van der Waals surface area contributed by atoms with Gasteiger partial charge >= 0.3 is 0 Å². The van der Waals surface area contributed by atoms with Gasteiger partial charge < -0.3 is 15.8 Å². The molecule has 4 rings (SSSR count). The van der Waals surface area contributed by atoms with E-state index in [1.165, 1.54) is 11.8 Å². The summed E-state index contributed by atoms with van der Waals surface area (Å²) in [6.07, 6.45) is 0. The minimum Gasteiger partial charge on any atom is -0.494 e. The van der Waals surface area contributed by atoms with Gasteiger partial charge in [0.25, 0.3) is 0 Å². The molecule has 168 valence electrons. The molecule has 2 aromatic heterocycles. The molecule has 0 spiro atoms. The fourth-order valence-electron chi connectivity index (χ4n) is 3.06. The van der Waals surface area contributed by atoms with Crippen molar-refractivity contribution in [2.75, 3.05) is 17.7 Å². The Morgan fingerprint density at radius 2 is 1.85 bits per heavy atom. The molecule has 0 saturated carbocycles. The van der Waals surface area contributed by atoms with Gasteiger partial charge in [0.2, 0.25) is 11.8 Å². The van der Waals surface area contributed by atoms with Crippen LogP contribution in [0.5, 0.6) is 5.75 Å². The van der Waals surface area contributed by atoms with Crippen molar-refractivity contribution in [3.8, 4) is 22.1 Å². The number of rotatable bonds is 9. The first kappa shape index (κ1) is 22.6. The smallest absolute Gasteiger partial charge is 0.248 e. The molecule has 0 bridgehead atoms. The third-order valence-corrected chi connectivity index (χ3v) is 6.36. The molecule has 0 fully saturated rings. The highest BCUT2D eigenvalue weighted by molar-refractivity contribution is 7.99. The van der Waals surface area contributed by atoms with Crippen LogP contribution in [0.25, 0.3) is 16.4 Å². The van der Waals surface area contributed by atoms with Gasteiger partial charge in [-0.2, -0.15) is 0 Å². The van der Waals surface area contributed by atoms with Crippen LogP contribution < -0.4 is 15.8 Å². The Labute approximate surface area is 198 Å². The molecule has 2 heterocycles. The number of thioether (sulfide) groups is 1. The van der Waals surface area contributed by atoms with E-state index in [9.17, 15) is 9.59 Å². The van der Waals surface area contributed by atoms with E-state index in [1.54, 1.807) is 35.6 Å². The second-order valence-electron chi connectivity index (χ2n) is 6.82. The van der Waals surface area contributed by atoms with Gasteiger partial charge in [-0.25, -0.2) is 0 Å². The van der Waals surface area contributed by atoms with Crippen LogP contribution >= 0.6 is 23.1 Å². The van der Waals surface area contributed by atoms with Crippen LogP contribution in [-0.2, 0) is 4.79 Å². The Hall–Kier alpha value is -3.63. The number of nitrogens with zero attached hydrogens (tertiary/aromatic N) is 3. The highest BCUT2D eigenvalue weighted by atomic mass is 32.2. The predicted molar refractivity (Wildman–Crippen MR) is 130 cm³/mol. The van der Waals surface area contributed by atoms with Crippen LogP contribution in [0.2, 0.25) is 0 Å². The summed E-state index contributed by atoms with van der Waals surface area (Å²) in [5, 5.41) is 14.1. The van der Waals surface area contributed by atoms with Gasteiger partial charge in [0.15, 0.2) is 11.0 Å². The molecule has 10 heteroatoms. The zero-order chi connectivity index (χ0) is 23.2. The van der Waals surface area contributed by atoms with Crippen molar-refractivity contribution in [1.29, 1.82) is 0 Å². The summed E-state index contributed by atoms with van der Waals surface area (Å²) in [4.78, 5) is 24.7. The topological polar surface area (TPSA) is 112 Å². The van der Waals surface area contributed by atoms with E-state index < -0.39 is 5.91 Å². The van der Waals surface area contributed by atoms with Crippen LogP contribution in [-0.4, -0.2) is 38.9 Å². The predicted octanol–water partition coefficient (Wildman–Crippen LogP) is 4.22. The number of primary amides is 1. The number of nitrogens with two attached hydrogens (primary N) is 1. The molecule has 3 N–H and O–H groups in total. The number of hydrogen-bond donors (Lipinski definition) is 2. The Balaban J connectivity index is 1.52. The molecule has 0 aliphatic carbocycles. The molecule has 0 unspecified atom stereocenters. The van der Waals surface area contributed by atoms with E-state index in [1.807, 2.05) is 53.3 Å². The molecule has 0 atom stereocenters. The Kier molecular flexibility index (Phi) is 7.06. The second-order valence-corrected chi connectivity index (χ2v) is 8.71. The number of carbonyl (C=O) groups excluding carboxylic acids is 2. The number of thiophene rings is 1. The molecular weight excluding hydrogens is 458 g/mol. The standard InChI is InChI=1S/C23H21N5O3S2/c1-2-31-18-11-9-17(10-12-18)28-22(19-4-3-13-32-19)26-27-23(28)33-14-20(29)25-16-7-5-15(6-8-16)21(24)30/h3-13H,2,14H2,1H3,(H2,24,30)(H,25,29). The van der Waals surface area contributed by atoms with Crippen molar-refractivity contribution in [1.82, 2.24) is 14.8 Å². The summed E-state index contributed by atoms with van der Waals surface area (Å²) in [5.74, 6) is 0.906. The molecule has 0 radical (unpaired) electrons. The molecular formula is C23H21N5O3S2. The van der Waals surface area contributed by atoms with Crippen molar-refractivity contribution >= 4 is 40.6 Å². The third-order valence-electron chi connectivity index (χ3n) is 4.57. The minimum absolute atomic E-state index is 0.136. The number of amides is 2. The van der Waals surface area contributed by atoms with Gasteiger partial charge in [0.1, 0.15) is 5.75 Å².